The quantitative estimate of drug-likeness (QED) is 0.849. The van der Waals surface area contributed by atoms with Crippen LogP contribution in [0.5, 0.6) is 0 Å². The molecule has 1 aliphatic rings. The maximum absolute atomic E-state index is 12.1. The van der Waals surface area contributed by atoms with E-state index >= 15 is 0 Å². The molecule has 0 spiro atoms. The average Bonchev–Trinajstić information content (AvgIpc) is 2.71. The minimum absolute atomic E-state index is 0.00195. The van der Waals surface area contributed by atoms with Gasteiger partial charge in [0.25, 0.3) is 0 Å². The van der Waals surface area contributed by atoms with E-state index in [2.05, 4.69) is 4.98 Å². The summed E-state index contributed by atoms with van der Waals surface area (Å²) in [5, 5.41) is 8.97. The molecule has 110 valence electrons. The molecule has 0 unspecified atom stereocenters. The molecule has 20 heavy (non-hydrogen) atoms. The van der Waals surface area contributed by atoms with E-state index in [1.807, 2.05) is 27.7 Å². The molecule has 0 bridgehead atoms. The first kappa shape index (κ1) is 14.4. The number of fused-ring (bicyclic) bond motifs is 1. The van der Waals surface area contributed by atoms with Crippen molar-refractivity contribution in [3.63, 3.8) is 0 Å². The highest BCUT2D eigenvalue weighted by molar-refractivity contribution is 5.85. The molecule has 0 fully saturated rings. The predicted octanol–water partition coefficient (Wildman–Crippen LogP) is 1.89. The number of rotatable bonds is 1. The standard InChI is InChI=1S/C13H19N3O4/c1-8-10-14-9(11(17)18)7-15(10)5-6-16(8)12(19)20-13(2,3)4/h7-8H,5-6H2,1-4H3,(H,17,18)/t8-/m0/s1. The van der Waals surface area contributed by atoms with Crippen molar-refractivity contribution in [1.82, 2.24) is 14.5 Å². The number of carbonyl (C=O) groups excluding carboxylic acids is 1. The van der Waals surface area contributed by atoms with Crippen LogP contribution >= 0.6 is 0 Å². The number of aromatic carboxylic acids is 1. The van der Waals surface area contributed by atoms with Gasteiger partial charge in [0.2, 0.25) is 0 Å². The Morgan fingerprint density at radius 1 is 1.40 bits per heavy atom. The van der Waals surface area contributed by atoms with Crippen molar-refractivity contribution in [2.24, 2.45) is 0 Å². The summed E-state index contributed by atoms with van der Waals surface area (Å²) >= 11 is 0. The largest absolute Gasteiger partial charge is 0.476 e. The van der Waals surface area contributed by atoms with Crippen LogP contribution in [0.1, 0.15) is 50.0 Å². The average molecular weight is 281 g/mol. The van der Waals surface area contributed by atoms with E-state index < -0.39 is 17.7 Å². The molecule has 7 nitrogen and oxygen atoms in total. The van der Waals surface area contributed by atoms with E-state index in [9.17, 15) is 9.59 Å². The minimum Gasteiger partial charge on any atom is -0.476 e. The summed E-state index contributed by atoms with van der Waals surface area (Å²) in [5.41, 5.74) is -0.562. The Labute approximate surface area is 117 Å². The Morgan fingerprint density at radius 2 is 2.05 bits per heavy atom. The van der Waals surface area contributed by atoms with Crippen molar-refractivity contribution in [2.45, 2.75) is 45.9 Å². The van der Waals surface area contributed by atoms with Gasteiger partial charge in [0.15, 0.2) is 5.69 Å². The molecule has 7 heteroatoms. The lowest BCUT2D eigenvalue weighted by atomic mass is 10.2. The van der Waals surface area contributed by atoms with Crippen LogP contribution in [-0.4, -0.2) is 43.8 Å². The lowest BCUT2D eigenvalue weighted by Gasteiger charge is -2.34. The lowest BCUT2D eigenvalue weighted by molar-refractivity contribution is 0.0121. The van der Waals surface area contributed by atoms with Gasteiger partial charge < -0.3 is 14.4 Å². The SMILES string of the molecule is C[C@H]1c2nc(C(=O)O)cn2CCN1C(=O)OC(C)(C)C. The van der Waals surface area contributed by atoms with E-state index in [-0.39, 0.29) is 11.7 Å². The first-order chi connectivity index (χ1) is 9.19. The number of carboxylic acid groups (broad SMARTS) is 1. The fraction of sp³-hybridized carbons (Fsp3) is 0.615. The maximum Gasteiger partial charge on any atom is 0.410 e. The van der Waals surface area contributed by atoms with Crippen LogP contribution < -0.4 is 0 Å². The molecule has 0 aromatic carbocycles. The van der Waals surface area contributed by atoms with Gasteiger partial charge in [0.1, 0.15) is 11.4 Å². The molecule has 1 aliphatic heterocycles. The molecular weight excluding hydrogens is 262 g/mol. The first-order valence-electron chi connectivity index (χ1n) is 6.49. The Hall–Kier alpha value is -2.05. The molecule has 1 aromatic rings. The summed E-state index contributed by atoms with van der Waals surface area (Å²) in [5.74, 6) is -0.498. The van der Waals surface area contributed by atoms with Gasteiger partial charge in [0, 0.05) is 19.3 Å². The number of aromatic nitrogens is 2. The van der Waals surface area contributed by atoms with Gasteiger partial charge in [-0.3, -0.25) is 4.90 Å². The Bertz CT molecular complexity index is 544. The third-order valence-corrected chi connectivity index (χ3v) is 3.08. The number of amides is 1. The van der Waals surface area contributed by atoms with Crippen molar-refractivity contribution < 1.29 is 19.4 Å². The van der Waals surface area contributed by atoms with E-state index in [0.29, 0.717) is 18.9 Å². The zero-order chi connectivity index (χ0) is 15.1. The number of carbonyl (C=O) groups is 2. The summed E-state index contributed by atoms with van der Waals surface area (Å²) in [6, 6.07) is -0.313. The smallest absolute Gasteiger partial charge is 0.410 e. The number of hydrogen-bond donors (Lipinski definition) is 1. The highest BCUT2D eigenvalue weighted by Crippen LogP contribution is 2.26. The third-order valence-electron chi connectivity index (χ3n) is 3.08. The summed E-state index contributed by atoms with van der Waals surface area (Å²) in [4.78, 5) is 28.7. The van der Waals surface area contributed by atoms with Crippen LogP contribution in [-0.2, 0) is 11.3 Å². The van der Waals surface area contributed by atoms with Crippen LogP contribution in [0.25, 0.3) is 0 Å². The Morgan fingerprint density at radius 3 is 2.60 bits per heavy atom. The van der Waals surface area contributed by atoms with Crippen LogP contribution in [0.15, 0.2) is 6.20 Å². The second kappa shape index (κ2) is 4.81. The molecule has 0 saturated heterocycles. The van der Waals surface area contributed by atoms with E-state index in [4.69, 9.17) is 9.84 Å². The van der Waals surface area contributed by atoms with Gasteiger partial charge in [0.05, 0.1) is 6.04 Å². The monoisotopic (exact) mass is 281 g/mol. The molecule has 1 amide bonds. The maximum atomic E-state index is 12.1. The van der Waals surface area contributed by atoms with Crippen LogP contribution in [0.2, 0.25) is 0 Å². The number of carboxylic acids is 1. The van der Waals surface area contributed by atoms with Crippen molar-refractivity contribution in [1.29, 1.82) is 0 Å². The number of imidazole rings is 1. The lowest BCUT2D eigenvalue weighted by Crippen LogP contribution is -2.43. The fourth-order valence-electron chi connectivity index (χ4n) is 2.16. The van der Waals surface area contributed by atoms with E-state index in [1.165, 1.54) is 6.20 Å². The number of hydrogen-bond acceptors (Lipinski definition) is 4. The van der Waals surface area contributed by atoms with Crippen LogP contribution in [0.4, 0.5) is 4.79 Å². The zero-order valence-electron chi connectivity index (χ0n) is 12.1. The molecule has 1 aromatic heterocycles. The molecule has 1 N–H and O–H groups in total. The molecule has 2 rings (SSSR count). The van der Waals surface area contributed by atoms with Gasteiger partial charge in [-0.1, -0.05) is 0 Å². The van der Waals surface area contributed by atoms with Crippen molar-refractivity contribution >= 4 is 12.1 Å². The van der Waals surface area contributed by atoms with Gasteiger partial charge >= 0.3 is 12.1 Å². The summed E-state index contributed by atoms with van der Waals surface area (Å²) < 4.78 is 7.12. The van der Waals surface area contributed by atoms with E-state index in [0.717, 1.165) is 0 Å². The first-order valence-corrected chi connectivity index (χ1v) is 6.49. The topological polar surface area (TPSA) is 84.7 Å². The van der Waals surface area contributed by atoms with Gasteiger partial charge in [-0.15, -0.1) is 0 Å². The van der Waals surface area contributed by atoms with Crippen molar-refractivity contribution in [2.75, 3.05) is 6.54 Å². The highest BCUT2D eigenvalue weighted by atomic mass is 16.6. The second-order valence-corrected chi connectivity index (χ2v) is 5.83. The normalized spacial score (nSPS) is 18.6. The highest BCUT2D eigenvalue weighted by Gasteiger charge is 2.33. The van der Waals surface area contributed by atoms with Crippen LogP contribution in [0.3, 0.4) is 0 Å². The van der Waals surface area contributed by atoms with E-state index in [1.54, 1.807) is 9.47 Å². The summed E-state index contributed by atoms with van der Waals surface area (Å²) in [6.07, 6.45) is 1.09. The minimum atomic E-state index is -1.07. The number of ether oxygens (including phenoxy) is 1. The zero-order valence-corrected chi connectivity index (χ0v) is 12.1. The molecule has 0 saturated carbocycles. The summed E-state index contributed by atoms with van der Waals surface area (Å²) in [7, 11) is 0. The van der Waals surface area contributed by atoms with Gasteiger partial charge in [-0.25, -0.2) is 14.6 Å². The van der Waals surface area contributed by atoms with Crippen LogP contribution in [0, 0.1) is 0 Å². The fourth-order valence-corrected chi connectivity index (χ4v) is 2.16. The van der Waals surface area contributed by atoms with Crippen molar-refractivity contribution in [3.8, 4) is 0 Å². The third kappa shape index (κ3) is 2.76. The second-order valence-electron chi connectivity index (χ2n) is 5.83. The number of nitrogens with zero attached hydrogens (tertiary/aromatic N) is 3. The molecule has 1 atom stereocenters. The molecule has 0 radical (unpaired) electrons. The predicted molar refractivity (Wildman–Crippen MR) is 70.5 cm³/mol. The van der Waals surface area contributed by atoms with Gasteiger partial charge in [-0.05, 0) is 27.7 Å². The molecule has 0 aliphatic carbocycles. The molecular formula is C13H19N3O4. The molecule has 2 heterocycles. The Balaban J connectivity index is 2.21. The van der Waals surface area contributed by atoms with Crippen molar-refractivity contribution in [3.05, 3.63) is 17.7 Å². The van der Waals surface area contributed by atoms with Gasteiger partial charge in [-0.2, -0.15) is 0 Å². The Kier molecular flexibility index (Phi) is 3.45. The summed E-state index contributed by atoms with van der Waals surface area (Å²) in [6.45, 7) is 8.22.